The Morgan fingerprint density at radius 1 is 1.44 bits per heavy atom. The number of hydrogen-bond donors (Lipinski definition) is 2. The first-order valence-electron chi connectivity index (χ1n) is 4.91. The van der Waals surface area contributed by atoms with Crippen LogP contribution in [0.5, 0.6) is 5.75 Å². The van der Waals surface area contributed by atoms with E-state index in [0.29, 0.717) is 0 Å². The van der Waals surface area contributed by atoms with Crippen LogP contribution in [0.2, 0.25) is 0 Å². The summed E-state index contributed by atoms with van der Waals surface area (Å²) in [6.07, 6.45) is -3.47. The molecule has 0 aliphatic heterocycles. The number of methoxy groups -OCH3 is 1. The largest absolute Gasteiger partial charge is 0.494 e. The molecule has 0 aliphatic carbocycles. The van der Waals surface area contributed by atoms with Crippen molar-refractivity contribution in [3.05, 3.63) is 39.8 Å². The number of benzene rings is 1. The summed E-state index contributed by atoms with van der Waals surface area (Å²) >= 11 is 0. The van der Waals surface area contributed by atoms with Gasteiger partial charge in [-0.3, -0.25) is 0 Å². The molecular formula is C10H11F2N3O3. The fourth-order valence-electron chi connectivity index (χ4n) is 1.39. The predicted octanol–water partition coefficient (Wildman–Crippen LogP) is 1.68. The highest BCUT2D eigenvalue weighted by atomic mass is 19.1. The van der Waals surface area contributed by atoms with Crippen LogP contribution in [0.15, 0.2) is 17.2 Å². The van der Waals surface area contributed by atoms with Gasteiger partial charge in [-0.25, -0.2) is 8.78 Å². The quantitative estimate of drug-likeness (QED) is 0.478. The van der Waals surface area contributed by atoms with Gasteiger partial charge >= 0.3 is 0 Å². The van der Waals surface area contributed by atoms with Crippen molar-refractivity contribution in [3.8, 4) is 5.75 Å². The van der Waals surface area contributed by atoms with Crippen LogP contribution in [0.4, 0.5) is 8.78 Å². The zero-order valence-electron chi connectivity index (χ0n) is 9.42. The topological polar surface area (TPSA) is 98.5 Å². The summed E-state index contributed by atoms with van der Waals surface area (Å²) in [6, 6.07) is 1.96. The third-order valence-corrected chi connectivity index (χ3v) is 2.30. The molecule has 2 atom stereocenters. The summed E-state index contributed by atoms with van der Waals surface area (Å²) in [5.74, 6) is -2.40. The average Bonchev–Trinajstić information content (AvgIpc) is 2.36. The second kappa shape index (κ2) is 6.15. The van der Waals surface area contributed by atoms with Crippen LogP contribution in [0, 0.1) is 11.6 Å². The smallest absolute Gasteiger partial charge is 0.173 e. The third-order valence-electron chi connectivity index (χ3n) is 2.30. The van der Waals surface area contributed by atoms with E-state index in [1.54, 1.807) is 0 Å². The molecule has 2 N–H and O–H groups in total. The van der Waals surface area contributed by atoms with Gasteiger partial charge in [-0.1, -0.05) is 5.11 Å². The number of halogens is 2. The molecule has 0 heterocycles. The van der Waals surface area contributed by atoms with E-state index in [4.69, 9.17) is 5.53 Å². The molecule has 0 aromatic heterocycles. The van der Waals surface area contributed by atoms with Gasteiger partial charge in [0.25, 0.3) is 0 Å². The van der Waals surface area contributed by atoms with Crippen molar-refractivity contribution in [2.45, 2.75) is 12.2 Å². The summed E-state index contributed by atoms with van der Waals surface area (Å²) in [6.45, 7) is -0.506. The second-order valence-electron chi connectivity index (χ2n) is 3.40. The van der Waals surface area contributed by atoms with Gasteiger partial charge in [0.1, 0.15) is 11.9 Å². The van der Waals surface area contributed by atoms with Crippen molar-refractivity contribution >= 4 is 0 Å². The predicted molar refractivity (Wildman–Crippen MR) is 57.9 cm³/mol. The zero-order valence-corrected chi connectivity index (χ0v) is 9.42. The number of ether oxygens (including phenoxy) is 1. The van der Waals surface area contributed by atoms with Crippen molar-refractivity contribution in [2.75, 3.05) is 13.7 Å². The number of nitrogens with zero attached hydrogens (tertiary/aromatic N) is 3. The highest BCUT2D eigenvalue weighted by Gasteiger charge is 2.26. The van der Waals surface area contributed by atoms with E-state index in [0.717, 1.165) is 12.1 Å². The van der Waals surface area contributed by atoms with Gasteiger partial charge in [-0.2, -0.15) is 0 Å². The minimum Gasteiger partial charge on any atom is -0.494 e. The molecule has 0 radical (unpaired) electrons. The molecule has 0 spiro atoms. The van der Waals surface area contributed by atoms with Crippen LogP contribution in [0.1, 0.15) is 11.7 Å². The highest BCUT2D eigenvalue weighted by molar-refractivity contribution is 5.34. The summed E-state index contributed by atoms with van der Waals surface area (Å²) < 4.78 is 31.8. The van der Waals surface area contributed by atoms with Crippen molar-refractivity contribution in [3.63, 3.8) is 0 Å². The molecule has 0 saturated heterocycles. The summed E-state index contributed by atoms with van der Waals surface area (Å²) in [4.78, 5) is 2.37. The Balaban J connectivity index is 3.11. The molecule has 98 valence electrons. The Hall–Kier alpha value is -1.89. The molecule has 1 rings (SSSR count). The molecule has 2 unspecified atom stereocenters. The van der Waals surface area contributed by atoms with Gasteiger partial charge in [0.2, 0.25) is 0 Å². The van der Waals surface area contributed by atoms with Gasteiger partial charge in [0.15, 0.2) is 11.6 Å². The molecule has 6 nitrogen and oxygen atoms in total. The molecule has 1 aromatic carbocycles. The molecule has 0 fully saturated rings. The molecular weight excluding hydrogens is 248 g/mol. The van der Waals surface area contributed by atoms with E-state index in [9.17, 15) is 19.0 Å². The van der Waals surface area contributed by atoms with Crippen LogP contribution in [0.25, 0.3) is 10.4 Å². The number of aliphatic hydroxyl groups excluding tert-OH is 2. The number of aliphatic hydroxyl groups is 2. The van der Waals surface area contributed by atoms with E-state index in [1.165, 1.54) is 7.11 Å². The highest BCUT2D eigenvalue weighted by Crippen LogP contribution is 2.29. The first-order chi connectivity index (χ1) is 8.52. The van der Waals surface area contributed by atoms with E-state index in [-0.39, 0.29) is 5.75 Å². The molecule has 1 aromatic rings. The maximum absolute atomic E-state index is 13.7. The van der Waals surface area contributed by atoms with Crippen LogP contribution >= 0.6 is 0 Å². The number of rotatable bonds is 5. The molecule has 0 amide bonds. The van der Waals surface area contributed by atoms with Gasteiger partial charge in [0.05, 0.1) is 25.3 Å². The van der Waals surface area contributed by atoms with Crippen molar-refractivity contribution in [1.82, 2.24) is 0 Å². The average molecular weight is 259 g/mol. The van der Waals surface area contributed by atoms with E-state index in [2.05, 4.69) is 14.8 Å². The standard InChI is InChI=1S/C10H11F2N3O3/c1-18-7-3-2-5(11)8(9(7)12)10(17)6(16)4-14-15-13/h2-3,6,10,16-17H,4H2,1H3. The summed E-state index contributed by atoms with van der Waals surface area (Å²) in [5.41, 5.74) is 7.33. The molecule has 0 saturated carbocycles. The molecule has 0 aliphatic rings. The maximum atomic E-state index is 13.7. The first kappa shape index (κ1) is 14.2. The lowest BCUT2D eigenvalue weighted by Gasteiger charge is -2.18. The molecule has 18 heavy (non-hydrogen) atoms. The Labute approximate surface area is 101 Å². The monoisotopic (exact) mass is 259 g/mol. The van der Waals surface area contributed by atoms with Crippen LogP contribution in [-0.2, 0) is 0 Å². The Bertz CT molecular complexity index is 478. The lowest BCUT2D eigenvalue weighted by molar-refractivity contribution is 0.0197. The normalized spacial score (nSPS) is 13.6. The van der Waals surface area contributed by atoms with E-state index < -0.39 is 36.0 Å². The first-order valence-corrected chi connectivity index (χ1v) is 4.91. The lowest BCUT2D eigenvalue weighted by Crippen LogP contribution is -2.23. The lowest BCUT2D eigenvalue weighted by atomic mass is 10.0. The van der Waals surface area contributed by atoms with Crippen LogP contribution < -0.4 is 4.74 Å². The van der Waals surface area contributed by atoms with Gasteiger partial charge < -0.3 is 14.9 Å². The minimum atomic E-state index is -1.86. The van der Waals surface area contributed by atoms with Gasteiger partial charge in [-0.05, 0) is 17.7 Å². The minimum absolute atomic E-state index is 0.263. The van der Waals surface area contributed by atoms with Crippen molar-refractivity contribution in [2.24, 2.45) is 5.11 Å². The number of hydrogen-bond acceptors (Lipinski definition) is 4. The fraction of sp³-hybridized carbons (Fsp3) is 0.400. The van der Waals surface area contributed by atoms with E-state index in [1.807, 2.05) is 0 Å². The van der Waals surface area contributed by atoms with Crippen LogP contribution in [-0.4, -0.2) is 30.0 Å². The maximum Gasteiger partial charge on any atom is 0.173 e. The second-order valence-corrected chi connectivity index (χ2v) is 3.40. The zero-order chi connectivity index (χ0) is 13.7. The fourth-order valence-corrected chi connectivity index (χ4v) is 1.39. The summed E-state index contributed by atoms with van der Waals surface area (Å²) in [7, 11) is 1.18. The van der Waals surface area contributed by atoms with Crippen LogP contribution in [0.3, 0.4) is 0 Å². The third kappa shape index (κ3) is 2.86. The van der Waals surface area contributed by atoms with Crippen molar-refractivity contribution in [1.29, 1.82) is 0 Å². The van der Waals surface area contributed by atoms with Crippen molar-refractivity contribution < 1.29 is 23.7 Å². The molecule has 8 heteroatoms. The Morgan fingerprint density at radius 3 is 2.67 bits per heavy atom. The Morgan fingerprint density at radius 2 is 2.11 bits per heavy atom. The number of azide groups is 1. The van der Waals surface area contributed by atoms with Gasteiger partial charge in [0, 0.05) is 4.91 Å². The summed E-state index contributed by atoms with van der Waals surface area (Å²) in [5, 5.41) is 22.1. The van der Waals surface area contributed by atoms with Gasteiger partial charge in [-0.15, -0.1) is 0 Å². The Kier molecular flexibility index (Phi) is 4.85. The SMILES string of the molecule is COc1ccc(F)c(C(O)C(O)CN=[N+]=[N-])c1F. The van der Waals surface area contributed by atoms with E-state index >= 15 is 0 Å². The molecule has 0 bridgehead atoms.